The highest BCUT2D eigenvalue weighted by atomic mass is 16.5. The van der Waals surface area contributed by atoms with Crippen molar-refractivity contribution < 1.29 is 18.7 Å². The zero-order valence-corrected chi connectivity index (χ0v) is 14.5. The van der Waals surface area contributed by atoms with Crippen LogP contribution in [0.1, 0.15) is 38.5 Å². The van der Waals surface area contributed by atoms with Gasteiger partial charge in [-0.1, -0.05) is 12.1 Å². The van der Waals surface area contributed by atoms with E-state index in [2.05, 4.69) is 0 Å². The second-order valence-electron chi connectivity index (χ2n) is 5.53. The Morgan fingerprint density at radius 1 is 1.17 bits per heavy atom. The van der Waals surface area contributed by atoms with E-state index in [9.17, 15) is 4.79 Å². The van der Waals surface area contributed by atoms with E-state index in [1.54, 1.807) is 18.2 Å². The van der Waals surface area contributed by atoms with Crippen LogP contribution in [0.4, 0.5) is 0 Å². The first kappa shape index (κ1) is 17.9. The first-order valence-electron chi connectivity index (χ1n) is 8.27. The number of hydrogen-bond acceptors (Lipinski definition) is 4. The highest BCUT2D eigenvalue weighted by Crippen LogP contribution is 2.26. The molecule has 2 aromatic rings. The van der Waals surface area contributed by atoms with E-state index in [0.29, 0.717) is 31.8 Å². The van der Waals surface area contributed by atoms with Crippen LogP contribution in [0.5, 0.6) is 11.5 Å². The Hall–Kier alpha value is -2.43. The Balaban J connectivity index is 1.77. The summed E-state index contributed by atoms with van der Waals surface area (Å²) >= 11 is 0. The van der Waals surface area contributed by atoms with Crippen LogP contribution in [0.3, 0.4) is 0 Å². The fraction of sp³-hybridized carbons (Fsp3) is 0.421. The normalized spacial score (nSPS) is 11.8. The predicted octanol–water partition coefficient (Wildman–Crippen LogP) is 4.06. The van der Waals surface area contributed by atoms with Gasteiger partial charge in [0.25, 0.3) is 0 Å². The van der Waals surface area contributed by atoms with Crippen LogP contribution in [0, 0.1) is 0 Å². The maximum Gasteiger partial charge on any atom is 0.223 e. The summed E-state index contributed by atoms with van der Waals surface area (Å²) < 4.78 is 16.6. The first-order valence-corrected chi connectivity index (χ1v) is 8.27. The number of para-hydroxylation sites is 2. The van der Waals surface area contributed by atoms with Crippen LogP contribution in [0.2, 0.25) is 0 Å². The average Bonchev–Trinajstić information content (AvgIpc) is 3.13. The van der Waals surface area contributed by atoms with E-state index in [0.717, 1.165) is 11.5 Å². The molecule has 0 aliphatic heterocycles. The molecular formula is C19H25NO4. The van der Waals surface area contributed by atoms with E-state index in [4.69, 9.17) is 13.9 Å². The van der Waals surface area contributed by atoms with Crippen molar-refractivity contribution in [2.24, 2.45) is 0 Å². The van der Waals surface area contributed by atoms with Gasteiger partial charge in [-0.05, 0) is 44.5 Å². The molecule has 1 atom stereocenters. The summed E-state index contributed by atoms with van der Waals surface area (Å²) in [6.45, 7) is 4.95. The number of nitrogens with zero attached hydrogens (tertiary/aromatic N) is 1. The van der Waals surface area contributed by atoms with Gasteiger partial charge in [0.05, 0.1) is 25.5 Å². The molecule has 1 aromatic heterocycles. The van der Waals surface area contributed by atoms with Crippen molar-refractivity contribution in [2.45, 2.75) is 32.7 Å². The molecule has 130 valence electrons. The number of hydrogen-bond donors (Lipinski definition) is 0. The number of carbonyl (C=O) groups excluding carboxylic acids is 1. The van der Waals surface area contributed by atoms with Gasteiger partial charge >= 0.3 is 0 Å². The summed E-state index contributed by atoms with van der Waals surface area (Å²) in [5, 5.41) is 0. The van der Waals surface area contributed by atoms with Crippen molar-refractivity contribution >= 4 is 5.91 Å². The molecule has 1 unspecified atom stereocenters. The fourth-order valence-electron chi connectivity index (χ4n) is 2.36. The topological polar surface area (TPSA) is 51.9 Å². The molecule has 0 aliphatic rings. The Morgan fingerprint density at radius 3 is 2.50 bits per heavy atom. The van der Waals surface area contributed by atoms with Crippen LogP contribution < -0.4 is 9.47 Å². The minimum atomic E-state index is -0.0768. The number of rotatable bonds is 9. The monoisotopic (exact) mass is 331 g/mol. The van der Waals surface area contributed by atoms with Gasteiger partial charge in [0.2, 0.25) is 5.91 Å². The quantitative estimate of drug-likeness (QED) is 0.650. The van der Waals surface area contributed by atoms with Crippen molar-refractivity contribution in [1.82, 2.24) is 4.90 Å². The van der Waals surface area contributed by atoms with Gasteiger partial charge in [-0.25, -0.2) is 0 Å². The summed E-state index contributed by atoms with van der Waals surface area (Å²) in [6, 6.07) is 11.2. The van der Waals surface area contributed by atoms with Gasteiger partial charge in [-0.15, -0.1) is 0 Å². The number of carbonyl (C=O) groups is 1. The average molecular weight is 331 g/mol. The zero-order valence-electron chi connectivity index (χ0n) is 14.5. The number of benzene rings is 1. The molecule has 1 amide bonds. The highest BCUT2D eigenvalue weighted by molar-refractivity contribution is 5.76. The molecule has 0 saturated heterocycles. The maximum absolute atomic E-state index is 12.3. The van der Waals surface area contributed by atoms with Crippen LogP contribution >= 0.6 is 0 Å². The SMILES string of the molecule is CCOc1ccccc1OCCCC(=O)N(C)C(C)c1ccco1. The van der Waals surface area contributed by atoms with E-state index in [1.165, 1.54) is 0 Å². The molecule has 0 fully saturated rings. The fourth-order valence-corrected chi connectivity index (χ4v) is 2.36. The van der Waals surface area contributed by atoms with E-state index < -0.39 is 0 Å². The van der Waals surface area contributed by atoms with Crippen molar-refractivity contribution in [3.05, 3.63) is 48.4 Å². The van der Waals surface area contributed by atoms with Crippen LogP contribution in [-0.2, 0) is 4.79 Å². The van der Waals surface area contributed by atoms with Crippen LogP contribution in [0.25, 0.3) is 0 Å². The molecule has 5 heteroatoms. The summed E-state index contributed by atoms with van der Waals surface area (Å²) in [5.41, 5.74) is 0. The lowest BCUT2D eigenvalue weighted by Gasteiger charge is -2.23. The molecule has 0 bridgehead atoms. The van der Waals surface area contributed by atoms with Gasteiger partial charge in [-0.2, -0.15) is 0 Å². The summed E-state index contributed by atoms with van der Waals surface area (Å²) in [4.78, 5) is 14.0. The third kappa shape index (κ3) is 4.78. The van der Waals surface area contributed by atoms with E-state index >= 15 is 0 Å². The molecule has 2 rings (SSSR count). The molecule has 0 aliphatic carbocycles. The molecule has 0 N–H and O–H groups in total. The molecule has 0 spiro atoms. The lowest BCUT2D eigenvalue weighted by atomic mass is 10.2. The second kappa shape index (κ2) is 9.01. The van der Waals surface area contributed by atoms with E-state index in [1.807, 2.05) is 50.2 Å². The molecule has 24 heavy (non-hydrogen) atoms. The van der Waals surface area contributed by atoms with Gasteiger partial charge in [0, 0.05) is 13.5 Å². The molecule has 1 aromatic carbocycles. The van der Waals surface area contributed by atoms with Crippen LogP contribution in [0.15, 0.2) is 47.1 Å². The first-order chi connectivity index (χ1) is 11.6. The van der Waals surface area contributed by atoms with Gasteiger partial charge in [0.15, 0.2) is 11.5 Å². The molecule has 1 heterocycles. The number of furan rings is 1. The Kier molecular flexibility index (Phi) is 6.73. The minimum absolute atomic E-state index is 0.0700. The number of ether oxygens (including phenoxy) is 2. The van der Waals surface area contributed by atoms with Gasteiger partial charge in [-0.3, -0.25) is 4.79 Å². The molecule has 0 radical (unpaired) electrons. The lowest BCUT2D eigenvalue weighted by molar-refractivity contribution is -0.132. The standard InChI is InChI=1S/C19H25NO4/c1-4-22-17-9-5-6-10-18(17)24-14-8-12-19(21)20(3)15(2)16-11-7-13-23-16/h5-7,9-11,13,15H,4,8,12,14H2,1-3H3. The van der Waals surface area contributed by atoms with Crippen molar-refractivity contribution in [2.75, 3.05) is 20.3 Å². The summed E-state index contributed by atoms with van der Waals surface area (Å²) in [6.07, 6.45) is 2.70. The Bertz CT molecular complexity index is 624. The molecular weight excluding hydrogens is 306 g/mol. The molecule has 5 nitrogen and oxygen atoms in total. The predicted molar refractivity (Wildman–Crippen MR) is 92.2 cm³/mol. The second-order valence-corrected chi connectivity index (χ2v) is 5.53. The van der Waals surface area contributed by atoms with Crippen molar-refractivity contribution in [3.8, 4) is 11.5 Å². The lowest BCUT2D eigenvalue weighted by Crippen LogP contribution is -2.29. The maximum atomic E-state index is 12.3. The Morgan fingerprint density at radius 2 is 1.88 bits per heavy atom. The van der Waals surface area contributed by atoms with Gasteiger partial charge in [0.1, 0.15) is 5.76 Å². The van der Waals surface area contributed by atoms with Crippen molar-refractivity contribution in [3.63, 3.8) is 0 Å². The zero-order chi connectivity index (χ0) is 17.4. The smallest absolute Gasteiger partial charge is 0.223 e. The number of amides is 1. The van der Waals surface area contributed by atoms with Crippen molar-refractivity contribution in [1.29, 1.82) is 0 Å². The van der Waals surface area contributed by atoms with Crippen LogP contribution in [-0.4, -0.2) is 31.1 Å². The highest BCUT2D eigenvalue weighted by Gasteiger charge is 2.19. The summed E-state index contributed by atoms with van der Waals surface area (Å²) in [7, 11) is 1.79. The van der Waals surface area contributed by atoms with Gasteiger partial charge < -0.3 is 18.8 Å². The summed E-state index contributed by atoms with van der Waals surface area (Å²) in [5.74, 6) is 2.30. The third-order valence-corrected chi connectivity index (χ3v) is 3.87. The Labute approximate surface area is 143 Å². The van der Waals surface area contributed by atoms with E-state index in [-0.39, 0.29) is 11.9 Å². The largest absolute Gasteiger partial charge is 0.490 e. The minimum Gasteiger partial charge on any atom is -0.490 e. The molecule has 0 saturated carbocycles. The third-order valence-electron chi connectivity index (χ3n) is 3.87.